The molecule has 0 bridgehead atoms. The van der Waals surface area contributed by atoms with Crippen molar-refractivity contribution in [2.24, 2.45) is 4.99 Å². The first-order valence-electron chi connectivity index (χ1n) is 10.5. The van der Waals surface area contributed by atoms with E-state index in [9.17, 15) is 9.90 Å². The number of benzene rings is 2. The SMILES string of the molecule is CCNC(=NCCNC(=O)c1ccccc1O)N1CCC(Oc2ccccc2)CC1. The predicted molar refractivity (Wildman–Crippen MR) is 118 cm³/mol. The number of aliphatic imine (C=N–C) groups is 1. The molecule has 0 unspecified atom stereocenters. The number of para-hydroxylation sites is 2. The quantitative estimate of drug-likeness (QED) is 0.371. The topological polar surface area (TPSA) is 86.2 Å². The third-order valence-corrected chi connectivity index (χ3v) is 4.93. The van der Waals surface area contributed by atoms with E-state index in [0.29, 0.717) is 13.1 Å². The number of likely N-dealkylation sites (tertiary alicyclic amines) is 1. The minimum absolute atomic E-state index is 0.0209. The van der Waals surface area contributed by atoms with Crippen LogP contribution in [0.1, 0.15) is 30.1 Å². The van der Waals surface area contributed by atoms with Gasteiger partial charge in [0.15, 0.2) is 5.96 Å². The van der Waals surface area contributed by atoms with E-state index in [-0.39, 0.29) is 23.3 Å². The number of piperidine rings is 1. The fraction of sp³-hybridized carbons (Fsp3) is 0.391. The van der Waals surface area contributed by atoms with Crippen LogP contribution in [0.25, 0.3) is 0 Å². The molecule has 1 aliphatic heterocycles. The predicted octanol–water partition coefficient (Wildman–Crippen LogP) is 2.63. The molecule has 0 saturated carbocycles. The van der Waals surface area contributed by atoms with Crippen molar-refractivity contribution in [3.63, 3.8) is 0 Å². The molecule has 0 atom stereocenters. The molecule has 3 rings (SSSR count). The van der Waals surface area contributed by atoms with Gasteiger partial charge in [-0.25, -0.2) is 0 Å². The summed E-state index contributed by atoms with van der Waals surface area (Å²) in [5.41, 5.74) is 0.272. The van der Waals surface area contributed by atoms with Crippen molar-refractivity contribution in [2.75, 3.05) is 32.7 Å². The zero-order chi connectivity index (χ0) is 21.2. The average Bonchev–Trinajstić information content (AvgIpc) is 2.77. The number of aromatic hydroxyl groups is 1. The van der Waals surface area contributed by atoms with E-state index in [0.717, 1.165) is 44.2 Å². The Kier molecular flexibility index (Phi) is 7.94. The minimum atomic E-state index is -0.299. The number of phenols is 1. The molecule has 2 aromatic rings. The van der Waals surface area contributed by atoms with Gasteiger partial charge in [0.05, 0.1) is 12.1 Å². The van der Waals surface area contributed by atoms with E-state index in [1.807, 2.05) is 37.3 Å². The molecule has 2 aromatic carbocycles. The monoisotopic (exact) mass is 410 g/mol. The number of ether oxygens (including phenoxy) is 1. The van der Waals surface area contributed by atoms with E-state index < -0.39 is 0 Å². The van der Waals surface area contributed by atoms with Gasteiger partial charge in [-0.1, -0.05) is 30.3 Å². The molecule has 160 valence electrons. The number of nitrogens with one attached hydrogen (secondary N) is 2. The Labute approximate surface area is 177 Å². The maximum atomic E-state index is 12.2. The van der Waals surface area contributed by atoms with E-state index in [2.05, 4.69) is 20.5 Å². The van der Waals surface area contributed by atoms with Gasteiger partial charge in [-0.05, 0) is 31.2 Å². The summed E-state index contributed by atoms with van der Waals surface area (Å²) in [6, 6.07) is 16.4. The molecule has 7 nitrogen and oxygen atoms in total. The number of hydrogen-bond donors (Lipinski definition) is 3. The van der Waals surface area contributed by atoms with Crippen LogP contribution in [0, 0.1) is 0 Å². The van der Waals surface area contributed by atoms with Crippen molar-refractivity contribution < 1.29 is 14.6 Å². The zero-order valence-electron chi connectivity index (χ0n) is 17.4. The number of nitrogens with zero attached hydrogens (tertiary/aromatic N) is 2. The molecule has 30 heavy (non-hydrogen) atoms. The van der Waals surface area contributed by atoms with Gasteiger partial charge in [0.25, 0.3) is 5.91 Å². The fourth-order valence-electron chi connectivity index (χ4n) is 3.39. The molecule has 0 aromatic heterocycles. The maximum Gasteiger partial charge on any atom is 0.255 e. The zero-order valence-corrected chi connectivity index (χ0v) is 17.4. The number of amides is 1. The highest BCUT2D eigenvalue weighted by molar-refractivity contribution is 5.96. The second-order valence-corrected chi connectivity index (χ2v) is 7.13. The lowest BCUT2D eigenvalue weighted by Gasteiger charge is -2.34. The fourth-order valence-corrected chi connectivity index (χ4v) is 3.39. The van der Waals surface area contributed by atoms with Crippen molar-refractivity contribution in [1.82, 2.24) is 15.5 Å². The van der Waals surface area contributed by atoms with Crippen molar-refractivity contribution in [3.05, 3.63) is 60.2 Å². The highest BCUT2D eigenvalue weighted by Gasteiger charge is 2.22. The molecule has 0 aliphatic carbocycles. The van der Waals surface area contributed by atoms with Crippen LogP contribution < -0.4 is 15.4 Å². The van der Waals surface area contributed by atoms with Gasteiger partial charge in [-0.15, -0.1) is 0 Å². The first kappa shape index (κ1) is 21.5. The Morgan fingerprint density at radius 1 is 1.10 bits per heavy atom. The van der Waals surface area contributed by atoms with Gasteiger partial charge < -0.3 is 25.4 Å². The molecule has 0 spiro atoms. The summed E-state index contributed by atoms with van der Waals surface area (Å²) in [7, 11) is 0. The van der Waals surface area contributed by atoms with Gasteiger partial charge in [-0.2, -0.15) is 0 Å². The smallest absolute Gasteiger partial charge is 0.255 e. The second kappa shape index (κ2) is 11.1. The van der Waals surface area contributed by atoms with Crippen molar-refractivity contribution in [2.45, 2.75) is 25.9 Å². The second-order valence-electron chi connectivity index (χ2n) is 7.13. The number of carbonyl (C=O) groups excluding carboxylic acids is 1. The number of phenolic OH excluding ortho intramolecular Hbond substituents is 1. The number of hydrogen-bond acceptors (Lipinski definition) is 4. The molecule has 7 heteroatoms. The molecule has 3 N–H and O–H groups in total. The minimum Gasteiger partial charge on any atom is -0.507 e. The van der Waals surface area contributed by atoms with Crippen LogP contribution in [0.5, 0.6) is 11.5 Å². The molecular weight excluding hydrogens is 380 g/mol. The molecule has 1 heterocycles. The summed E-state index contributed by atoms with van der Waals surface area (Å²) in [5.74, 6) is 1.45. The van der Waals surface area contributed by atoms with Crippen LogP contribution in [0.4, 0.5) is 0 Å². The summed E-state index contributed by atoms with van der Waals surface area (Å²) in [6.07, 6.45) is 2.08. The number of guanidine groups is 1. The van der Waals surface area contributed by atoms with Crippen LogP contribution in [0.15, 0.2) is 59.6 Å². The normalized spacial score (nSPS) is 15.0. The third-order valence-electron chi connectivity index (χ3n) is 4.93. The van der Waals surface area contributed by atoms with Crippen molar-refractivity contribution in [1.29, 1.82) is 0 Å². The largest absolute Gasteiger partial charge is 0.507 e. The van der Waals surface area contributed by atoms with Gasteiger partial charge in [0, 0.05) is 39.0 Å². The molecule has 1 fully saturated rings. The Balaban J connectivity index is 1.46. The molecule has 1 aliphatic rings. The summed E-state index contributed by atoms with van der Waals surface area (Å²) < 4.78 is 6.07. The van der Waals surface area contributed by atoms with E-state index >= 15 is 0 Å². The Hall–Kier alpha value is -3.22. The van der Waals surface area contributed by atoms with Gasteiger partial charge in [-0.3, -0.25) is 9.79 Å². The average molecular weight is 411 g/mol. The highest BCUT2D eigenvalue weighted by atomic mass is 16.5. The molecule has 0 radical (unpaired) electrons. The number of rotatable bonds is 7. The van der Waals surface area contributed by atoms with Crippen molar-refractivity contribution >= 4 is 11.9 Å². The van der Waals surface area contributed by atoms with Crippen LogP contribution in [0.2, 0.25) is 0 Å². The van der Waals surface area contributed by atoms with Crippen LogP contribution in [-0.2, 0) is 0 Å². The lowest BCUT2D eigenvalue weighted by molar-refractivity contribution is 0.0952. The highest BCUT2D eigenvalue weighted by Crippen LogP contribution is 2.19. The Morgan fingerprint density at radius 3 is 2.50 bits per heavy atom. The first-order valence-corrected chi connectivity index (χ1v) is 10.5. The van der Waals surface area contributed by atoms with E-state index in [1.54, 1.807) is 18.2 Å². The molecular formula is C23H30N4O3. The maximum absolute atomic E-state index is 12.2. The summed E-state index contributed by atoms with van der Waals surface area (Å²) in [6.45, 7) is 5.42. The van der Waals surface area contributed by atoms with Crippen LogP contribution >= 0.6 is 0 Å². The lowest BCUT2D eigenvalue weighted by atomic mass is 10.1. The Bertz CT molecular complexity index is 833. The Morgan fingerprint density at radius 2 is 1.80 bits per heavy atom. The van der Waals surface area contributed by atoms with E-state index in [1.165, 1.54) is 6.07 Å². The summed E-state index contributed by atoms with van der Waals surface area (Å²) >= 11 is 0. The first-order chi connectivity index (χ1) is 14.7. The van der Waals surface area contributed by atoms with Crippen molar-refractivity contribution in [3.8, 4) is 11.5 Å². The standard InChI is InChI=1S/C23H30N4O3/c1-2-24-23(26-15-14-25-22(29)20-10-6-7-11-21(20)28)27-16-12-19(13-17-27)30-18-8-4-3-5-9-18/h3-11,19,28H,2,12-17H2,1H3,(H,24,26)(H,25,29). The third kappa shape index (κ3) is 6.14. The molecule has 1 saturated heterocycles. The van der Waals surface area contributed by atoms with Crippen LogP contribution in [-0.4, -0.2) is 60.7 Å². The van der Waals surface area contributed by atoms with Crippen LogP contribution in [0.3, 0.4) is 0 Å². The summed E-state index contributed by atoms with van der Waals surface area (Å²) in [5, 5.41) is 15.9. The molecule has 1 amide bonds. The number of carbonyl (C=O) groups is 1. The van der Waals surface area contributed by atoms with Gasteiger partial charge in [0.1, 0.15) is 17.6 Å². The van der Waals surface area contributed by atoms with Gasteiger partial charge >= 0.3 is 0 Å². The summed E-state index contributed by atoms with van der Waals surface area (Å²) in [4.78, 5) is 19.0. The lowest BCUT2D eigenvalue weighted by Crippen LogP contribution is -2.47. The van der Waals surface area contributed by atoms with Gasteiger partial charge in [0.2, 0.25) is 0 Å². The van der Waals surface area contributed by atoms with E-state index in [4.69, 9.17) is 4.74 Å².